The van der Waals surface area contributed by atoms with E-state index in [0.717, 1.165) is 63.8 Å². The summed E-state index contributed by atoms with van der Waals surface area (Å²) < 4.78 is 5.55. The second-order valence-electron chi connectivity index (χ2n) is 10.8. The molecule has 36 heavy (non-hydrogen) atoms. The van der Waals surface area contributed by atoms with Gasteiger partial charge in [0.25, 0.3) is 0 Å². The fourth-order valence-corrected chi connectivity index (χ4v) is 6.08. The van der Waals surface area contributed by atoms with Gasteiger partial charge in [-0.15, -0.1) is 0 Å². The average molecular weight is 500 g/mol. The van der Waals surface area contributed by atoms with Crippen molar-refractivity contribution in [2.75, 3.05) is 51.3 Å². The molecule has 2 saturated heterocycles. The number of urea groups is 1. The van der Waals surface area contributed by atoms with Gasteiger partial charge in [-0.2, -0.15) is 0 Å². The molecule has 2 unspecified atom stereocenters. The minimum atomic E-state index is -0.174. The summed E-state index contributed by atoms with van der Waals surface area (Å²) in [7, 11) is 0. The first-order valence-electron chi connectivity index (χ1n) is 14.0. The van der Waals surface area contributed by atoms with Gasteiger partial charge in [-0.05, 0) is 101 Å². The van der Waals surface area contributed by atoms with Crippen LogP contribution in [0.2, 0.25) is 0 Å². The number of rotatable bonds is 8. The Kier molecular flexibility index (Phi) is 9.62. The highest BCUT2D eigenvalue weighted by Gasteiger charge is 2.40. The average Bonchev–Trinajstić information content (AvgIpc) is 2.88. The number of hydrogen-bond acceptors (Lipinski definition) is 5. The standard InChI is InChI=1S/C28H45N5O3/c1-4-13-33(26(22-9-11-29-12-10-22)27(34)32-14-16-36-17-15-32)25-8-6-21-5-7-24(18-23(21)19-25)31-28(35)30-20(2)3/h5,7,18,20,22,25-26,29H,4,6,8-17,19H2,1-3H3,(H2,30,31,35). The van der Waals surface area contributed by atoms with Gasteiger partial charge in [-0.3, -0.25) is 9.69 Å². The normalized spacial score (nSPS) is 21.8. The lowest BCUT2D eigenvalue weighted by Crippen LogP contribution is -2.59. The van der Waals surface area contributed by atoms with Gasteiger partial charge in [0.2, 0.25) is 5.91 Å². The largest absolute Gasteiger partial charge is 0.378 e. The van der Waals surface area contributed by atoms with Crippen molar-refractivity contribution in [3.63, 3.8) is 0 Å². The van der Waals surface area contributed by atoms with E-state index in [-0.39, 0.29) is 18.1 Å². The number of hydrogen-bond donors (Lipinski definition) is 3. The molecule has 3 amide bonds. The topological polar surface area (TPSA) is 85.9 Å². The Morgan fingerprint density at radius 2 is 1.89 bits per heavy atom. The zero-order chi connectivity index (χ0) is 25.5. The second-order valence-corrected chi connectivity index (χ2v) is 10.8. The third-order valence-corrected chi connectivity index (χ3v) is 7.80. The first kappa shape index (κ1) is 26.9. The second kappa shape index (κ2) is 12.9. The van der Waals surface area contributed by atoms with Gasteiger partial charge in [0.15, 0.2) is 0 Å². The van der Waals surface area contributed by atoms with Crippen molar-refractivity contribution in [3.05, 3.63) is 29.3 Å². The maximum Gasteiger partial charge on any atom is 0.319 e. The molecule has 1 aromatic carbocycles. The molecular weight excluding hydrogens is 454 g/mol. The quantitative estimate of drug-likeness (QED) is 0.512. The van der Waals surface area contributed by atoms with Crippen LogP contribution in [0.25, 0.3) is 0 Å². The number of morpholine rings is 1. The summed E-state index contributed by atoms with van der Waals surface area (Å²) in [6, 6.07) is 6.45. The number of anilines is 1. The Balaban J connectivity index is 1.55. The monoisotopic (exact) mass is 499 g/mol. The molecule has 0 aromatic heterocycles. The van der Waals surface area contributed by atoms with Gasteiger partial charge in [-0.1, -0.05) is 13.0 Å². The molecule has 1 aromatic rings. The van der Waals surface area contributed by atoms with Crippen molar-refractivity contribution in [2.45, 2.75) is 77.4 Å². The Hall–Kier alpha value is -2.16. The lowest BCUT2D eigenvalue weighted by molar-refractivity contribution is -0.145. The minimum absolute atomic E-state index is 0.0742. The predicted molar refractivity (Wildman–Crippen MR) is 143 cm³/mol. The molecule has 2 fully saturated rings. The number of amides is 3. The lowest BCUT2D eigenvalue weighted by Gasteiger charge is -2.45. The molecule has 2 heterocycles. The third-order valence-electron chi connectivity index (χ3n) is 7.80. The van der Waals surface area contributed by atoms with E-state index in [1.165, 1.54) is 11.1 Å². The zero-order valence-corrected chi connectivity index (χ0v) is 22.4. The number of nitrogens with zero attached hydrogens (tertiary/aromatic N) is 2. The molecular formula is C28H45N5O3. The highest BCUT2D eigenvalue weighted by Crippen LogP contribution is 2.32. The predicted octanol–water partition coefficient (Wildman–Crippen LogP) is 3.01. The van der Waals surface area contributed by atoms with E-state index in [0.29, 0.717) is 44.2 Å². The highest BCUT2D eigenvalue weighted by atomic mass is 16.5. The number of nitrogens with one attached hydrogen (secondary N) is 3. The smallest absolute Gasteiger partial charge is 0.319 e. The summed E-state index contributed by atoms with van der Waals surface area (Å²) in [5.41, 5.74) is 3.47. The van der Waals surface area contributed by atoms with Crippen molar-refractivity contribution >= 4 is 17.6 Å². The summed E-state index contributed by atoms with van der Waals surface area (Å²) in [5, 5.41) is 9.36. The number of piperidine rings is 1. The van der Waals surface area contributed by atoms with Crippen LogP contribution in [0.1, 0.15) is 57.6 Å². The first-order valence-corrected chi connectivity index (χ1v) is 14.0. The molecule has 3 aliphatic rings. The molecule has 0 saturated carbocycles. The van der Waals surface area contributed by atoms with Crippen LogP contribution in [-0.4, -0.2) is 85.8 Å². The maximum absolute atomic E-state index is 14.0. The molecule has 0 bridgehead atoms. The van der Waals surface area contributed by atoms with E-state index < -0.39 is 0 Å². The molecule has 0 spiro atoms. The van der Waals surface area contributed by atoms with E-state index >= 15 is 0 Å². The Labute approximate surface area is 216 Å². The number of carbonyl (C=O) groups is 2. The zero-order valence-electron chi connectivity index (χ0n) is 22.4. The van der Waals surface area contributed by atoms with Crippen LogP contribution in [0.3, 0.4) is 0 Å². The van der Waals surface area contributed by atoms with Crippen molar-refractivity contribution in [3.8, 4) is 0 Å². The van der Waals surface area contributed by atoms with Crippen molar-refractivity contribution in [1.29, 1.82) is 0 Å². The molecule has 8 nitrogen and oxygen atoms in total. The molecule has 1 aliphatic carbocycles. The van der Waals surface area contributed by atoms with Crippen LogP contribution >= 0.6 is 0 Å². The summed E-state index contributed by atoms with van der Waals surface area (Å²) in [4.78, 5) is 30.9. The van der Waals surface area contributed by atoms with E-state index in [1.807, 2.05) is 24.8 Å². The van der Waals surface area contributed by atoms with Crippen molar-refractivity contribution < 1.29 is 14.3 Å². The van der Waals surface area contributed by atoms with Gasteiger partial charge in [0, 0.05) is 30.9 Å². The molecule has 2 atom stereocenters. The van der Waals surface area contributed by atoms with Crippen molar-refractivity contribution in [1.82, 2.24) is 20.4 Å². The molecule has 200 valence electrons. The molecule has 3 N–H and O–H groups in total. The number of benzene rings is 1. The molecule has 0 radical (unpaired) electrons. The summed E-state index contributed by atoms with van der Waals surface area (Å²) >= 11 is 0. The van der Waals surface area contributed by atoms with Crippen LogP contribution in [0.15, 0.2) is 18.2 Å². The van der Waals surface area contributed by atoms with E-state index in [2.05, 4.69) is 39.9 Å². The van der Waals surface area contributed by atoms with E-state index in [1.54, 1.807) is 0 Å². The Morgan fingerprint density at radius 1 is 1.14 bits per heavy atom. The summed E-state index contributed by atoms with van der Waals surface area (Å²) in [6.45, 7) is 11.7. The van der Waals surface area contributed by atoms with Crippen LogP contribution in [0.4, 0.5) is 10.5 Å². The third kappa shape index (κ3) is 6.78. The fraction of sp³-hybridized carbons (Fsp3) is 0.714. The fourth-order valence-electron chi connectivity index (χ4n) is 6.08. The Morgan fingerprint density at radius 3 is 2.58 bits per heavy atom. The van der Waals surface area contributed by atoms with Crippen LogP contribution < -0.4 is 16.0 Å². The number of carbonyl (C=O) groups excluding carboxylic acids is 2. The first-order chi connectivity index (χ1) is 17.5. The van der Waals surface area contributed by atoms with Crippen molar-refractivity contribution in [2.24, 2.45) is 5.92 Å². The number of aryl methyl sites for hydroxylation is 1. The maximum atomic E-state index is 14.0. The summed E-state index contributed by atoms with van der Waals surface area (Å²) in [5.74, 6) is 0.674. The SMILES string of the molecule is CCCN(C1CCc2ccc(NC(=O)NC(C)C)cc2C1)C(C(=O)N1CCOCC1)C1CCNCC1. The van der Waals surface area contributed by atoms with Crippen LogP contribution in [-0.2, 0) is 22.4 Å². The van der Waals surface area contributed by atoms with E-state index in [9.17, 15) is 9.59 Å². The van der Waals surface area contributed by atoms with Gasteiger partial charge in [0.1, 0.15) is 0 Å². The van der Waals surface area contributed by atoms with Gasteiger partial charge in [-0.25, -0.2) is 4.79 Å². The Bertz CT molecular complexity index is 880. The van der Waals surface area contributed by atoms with Crippen LogP contribution in [0, 0.1) is 5.92 Å². The minimum Gasteiger partial charge on any atom is -0.378 e. The summed E-state index contributed by atoms with van der Waals surface area (Å²) in [6.07, 6.45) is 6.09. The van der Waals surface area contributed by atoms with Gasteiger partial charge in [0.05, 0.1) is 19.3 Å². The highest BCUT2D eigenvalue weighted by molar-refractivity contribution is 5.89. The lowest BCUT2D eigenvalue weighted by atomic mass is 9.83. The van der Waals surface area contributed by atoms with Gasteiger partial charge < -0.3 is 25.6 Å². The molecule has 8 heteroatoms. The van der Waals surface area contributed by atoms with Gasteiger partial charge >= 0.3 is 6.03 Å². The van der Waals surface area contributed by atoms with E-state index in [4.69, 9.17) is 4.74 Å². The molecule has 4 rings (SSSR count). The molecule has 2 aliphatic heterocycles. The van der Waals surface area contributed by atoms with Crippen LogP contribution in [0.5, 0.6) is 0 Å². The number of ether oxygens (including phenoxy) is 1. The number of fused-ring (bicyclic) bond motifs is 1.